The zero-order valence-electron chi connectivity index (χ0n) is 8.89. The van der Waals surface area contributed by atoms with E-state index >= 15 is 0 Å². The van der Waals surface area contributed by atoms with Crippen LogP contribution in [0.4, 0.5) is 0 Å². The minimum Gasteiger partial charge on any atom is -0.481 e. The highest BCUT2D eigenvalue weighted by molar-refractivity contribution is 6.15. The highest BCUT2D eigenvalue weighted by atomic mass is 16.4. The van der Waals surface area contributed by atoms with Crippen LogP contribution >= 0.6 is 0 Å². The number of hydrogen-bond donors (Lipinski definition) is 2. The molecule has 3 atom stereocenters. The molecule has 6 nitrogen and oxygen atoms in total. The molecule has 0 amide bonds. The summed E-state index contributed by atoms with van der Waals surface area (Å²) in [7, 11) is 0. The van der Waals surface area contributed by atoms with Crippen molar-refractivity contribution in [2.75, 3.05) is 0 Å². The Balaban J connectivity index is 3.16. The first kappa shape index (κ1) is 12.4. The molecule has 1 aliphatic rings. The molecule has 0 aromatic rings. The fourth-order valence-corrected chi connectivity index (χ4v) is 1.84. The number of carbonyl (C=O) groups excluding carboxylic acids is 2. The summed E-state index contributed by atoms with van der Waals surface area (Å²) in [5.41, 5.74) is -1.80. The molecule has 1 aliphatic carbocycles. The largest absolute Gasteiger partial charge is 0.481 e. The van der Waals surface area contributed by atoms with E-state index in [9.17, 15) is 19.2 Å². The molecule has 0 aromatic carbocycles. The first-order chi connectivity index (χ1) is 7.22. The van der Waals surface area contributed by atoms with Gasteiger partial charge in [0.25, 0.3) is 0 Å². The normalized spacial score (nSPS) is 34.9. The predicted molar refractivity (Wildman–Crippen MR) is 50.7 cm³/mol. The molecular formula is C10H12O6. The van der Waals surface area contributed by atoms with E-state index in [1.165, 1.54) is 6.92 Å². The van der Waals surface area contributed by atoms with Gasteiger partial charge in [0.1, 0.15) is 11.3 Å². The Hall–Kier alpha value is -1.72. The molecule has 1 fully saturated rings. The standard InChI is InChI=1S/C10H12O6/c1-4-7(12)5(8(13)14)3-6(11)10(4,2)9(15)16/h4-5H,3H2,1-2H3,(H,13,14)(H,15,16). The maximum absolute atomic E-state index is 11.6. The van der Waals surface area contributed by atoms with E-state index < -0.39 is 47.2 Å². The molecule has 0 bridgehead atoms. The van der Waals surface area contributed by atoms with Gasteiger partial charge >= 0.3 is 11.9 Å². The third-order valence-corrected chi connectivity index (χ3v) is 3.35. The number of carboxylic acids is 2. The number of ketones is 2. The quantitative estimate of drug-likeness (QED) is 0.641. The molecule has 0 heterocycles. The lowest BCUT2D eigenvalue weighted by atomic mass is 9.63. The topological polar surface area (TPSA) is 109 Å². The van der Waals surface area contributed by atoms with E-state index in [1.807, 2.05) is 0 Å². The zero-order valence-corrected chi connectivity index (χ0v) is 8.89. The summed E-state index contributed by atoms with van der Waals surface area (Å²) in [5, 5.41) is 17.7. The number of rotatable bonds is 2. The second kappa shape index (κ2) is 3.70. The highest BCUT2D eigenvalue weighted by Gasteiger charge is 2.55. The molecule has 1 rings (SSSR count). The van der Waals surface area contributed by atoms with E-state index in [4.69, 9.17) is 10.2 Å². The lowest BCUT2D eigenvalue weighted by Gasteiger charge is -2.35. The third kappa shape index (κ3) is 1.50. The van der Waals surface area contributed by atoms with Crippen molar-refractivity contribution in [3.05, 3.63) is 0 Å². The van der Waals surface area contributed by atoms with Crippen LogP contribution in [-0.4, -0.2) is 33.7 Å². The Morgan fingerprint density at radius 2 is 1.81 bits per heavy atom. The van der Waals surface area contributed by atoms with Gasteiger partial charge in [-0.05, 0) is 6.92 Å². The molecule has 0 spiro atoms. The molecule has 0 aromatic heterocycles. The molecular weight excluding hydrogens is 216 g/mol. The van der Waals surface area contributed by atoms with Gasteiger partial charge in [-0.3, -0.25) is 19.2 Å². The van der Waals surface area contributed by atoms with E-state index in [1.54, 1.807) is 0 Å². The summed E-state index contributed by atoms with van der Waals surface area (Å²) in [4.78, 5) is 45.0. The van der Waals surface area contributed by atoms with Gasteiger partial charge in [-0.2, -0.15) is 0 Å². The number of hydrogen-bond acceptors (Lipinski definition) is 4. The molecule has 16 heavy (non-hydrogen) atoms. The minimum absolute atomic E-state index is 0.540. The number of Topliss-reactive ketones (excluding diaryl/α,β-unsaturated/α-hetero) is 2. The summed E-state index contributed by atoms with van der Waals surface area (Å²) >= 11 is 0. The van der Waals surface area contributed by atoms with Crippen molar-refractivity contribution >= 4 is 23.5 Å². The van der Waals surface area contributed by atoms with Crippen LogP contribution in [0, 0.1) is 17.3 Å². The third-order valence-electron chi connectivity index (χ3n) is 3.35. The molecule has 6 heteroatoms. The molecule has 2 N–H and O–H groups in total. The maximum Gasteiger partial charge on any atom is 0.317 e. The zero-order chi connectivity index (χ0) is 12.7. The Morgan fingerprint density at radius 3 is 2.19 bits per heavy atom. The van der Waals surface area contributed by atoms with Gasteiger partial charge in [0.15, 0.2) is 11.6 Å². The van der Waals surface area contributed by atoms with Crippen LogP contribution in [0.15, 0.2) is 0 Å². The SMILES string of the molecule is CC1C(=O)C(C(=O)O)CC(=O)C1(C)C(=O)O. The first-order valence-electron chi connectivity index (χ1n) is 4.76. The first-order valence-corrected chi connectivity index (χ1v) is 4.76. The fourth-order valence-electron chi connectivity index (χ4n) is 1.84. The van der Waals surface area contributed by atoms with Crippen LogP contribution in [0.1, 0.15) is 20.3 Å². The molecule has 0 radical (unpaired) electrons. The van der Waals surface area contributed by atoms with Crippen LogP contribution in [0.3, 0.4) is 0 Å². The Morgan fingerprint density at radius 1 is 1.31 bits per heavy atom. The molecule has 0 saturated heterocycles. The van der Waals surface area contributed by atoms with Gasteiger partial charge in [0, 0.05) is 12.3 Å². The van der Waals surface area contributed by atoms with Crippen LogP contribution in [0.5, 0.6) is 0 Å². The molecule has 0 aliphatic heterocycles. The summed E-state index contributed by atoms with van der Waals surface area (Å²) < 4.78 is 0. The van der Waals surface area contributed by atoms with E-state index in [0.717, 1.165) is 6.92 Å². The van der Waals surface area contributed by atoms with Crippen molar-refractivity contribution in [1.82, 2.24) is 0 Å². The second-order valence-corrected chi connectivity index (χ2v) is 4.15. The van der Waals surface area contributed by atoms with Gasteiger partial charge < -0.3 is 10.2 Å². The van der Waals surface area contributed by atoms with E-state index in [-0.39, 0.29) is 0 Å². The van der Waals surface area contributed by atoms with Crippen LogP contribution in [-0.2, 0) is 19.2 Å². The van der Waals surface area contributed by atoms with Gasteiger partial charge in [-0.25, -0.2) is 0 Å². The monoisotopic (exact) mass is 228 g/mol. The minimum atomic E-state index is -1.80. The van der Waals surface area contributed by atoms with E-state index in [0.29, 0.717) is 0 Å². The van der Waals surface area contributed by atoms with Crippen LogP contribution < -0.4 is 0 Å². The van der Waals surface area contributed by atoms with Crippen LogP contribution in [0.25, 0.3) is 0 Å². The molecule has 3 unspecified atom stereocenters. The lowest BCUT2D eigenvalue weighted by Crippen LogP contribution is -2.53. The Labute approximate surface area is 91.3 Å². The molecule has 88 valence electrons. The van der Waals surface area contributed by atoms with Gasteiger partial charge in [0.05, 0.1) is 0 Å². The average Bonchev–Trinajstić information content (AvgIpc) is 2.19. The van der Waals surface area contributed by atoms with Crippen molar-refractivity contribution in [1.29, 1.82) is 0 Å². The number of carboxylic acid groups (broad SMARTS) is 2. The van der Waals surface area contributed by atoms with Gasteiger partial charge in [-0.15, -0.1) is 0 Å². The maximum atomic E-state index is 11.6. The predicted octanol–water partition coefficient (Wildman–Crippen LogP) is -0.0439. The van der Waals surface area contributed by atoms with Gasteiger partial charge in [-0.1, -0.05) is 6.92 Å². The summed E-state index contributed by atoms with van der Waals surface area (Å²) in [6.45, 7) is 2.45. The Bertz CT molecular complexity index is 383. The highest BCUT2D eigenvalue weighted by Crippen LogP contribution is 2.38. The van der Waals surface area contributed by atoms with Crippen molar-refractivity contribution in [3.63, 3.8) is 0 Å². The van der Waals surface area contributed by atoms with Gasteiger partial charge in [0.2, 0.25) is 0 Å². The summed E-state index contributed by atoms with van der Waals surface area (Å²) in [5.74, 6) is -6.70. The number of aliphatic carboxylic acids is 2. The fraction of sp³-hybridized carbons (Fsp3) is 0.600. The number of carbonyl (C=O) groups is 4. The summed E-state index contributed by atoms with van der Waals surface area (Å²) in [6.07, 6.45) is -0.540. The second-order valence-electron chi connectivity index (χ2n) is 4.15. The molecule has 1 saturated carbocycles. The van der Waals surface area contributed by atoms with Crippen LogP contribution in [0.2, 0.25) is 0 Å². The van der Waals surface area contributed by atoms with Crippen molar-refractivity contribution in [3.8, 4) is 0 Å². The average molecular weight is 228 g/mol. The lowest BCUT2D eigenvalue weighted by molar-refractivity contribution is -0.169. The summed E-state index contributed by atoms with van der Waals surface area (Å²) in [6, 6.07) is 0. The Kier molecular flexibility index (Phi) is 2.85. The smallest absolute Gasteiger partial charge is 0.317 e. The van der Waals surface area contributed by atoms with E-state index in [2.05, 4.69) is 0 Å². The van der Waals surface area contributed by atoms with Crippen molar-refractivity contribution < 1.29 is 29.4 Å². The van der Waals surface area contributed by atoms with Crippen molar-refractivity contribution in [2.24, 2.45) is 17.3 Å². The van der Waals surface area contributed by atoms with Crippen molar-refractivity contribution in [2.45, 2.75) is 20.3 Å².